The van der Waals surface area contributed by atoms with E-state index in [-0.39, 0.29) is 5.75 Å². The predicted molar refractivity (Wildman–Crippen MR) is 61.4 cm³/mol. The number of hydrogen-bond donors (Lipinski definition) is 2. The van der Waals surface area contributed by atoms with Crippen LogP contribution in [0.4, 0.5) is 0 Å². The quantitative estimate of drug-likeness (QED) is 0.697. The standard InChI is InChI=1S/C13H14O2/c1-3-9-8(2)12(14)10-6-4-5-7-11(10)13(9)15/h4-7,14-15H,3H2,1-2H3. The second-order valence-corrected chi connectivity index (χ2v) is 3.70. The van der Waals surface area contributed by atoms with Crippen LogP contribution in [0.3, 0.4) is 0 Å². The van der Waals surface area contributed by atoms with Crippen LogP contribution < -0.4 is 0 Å². The van der Waals surface area contributed by atoms with Gasteiger partial charge in [-0.15, -0.1) is 0 Å². The second kappa shape index (κ2) is 3.46. The molecule has 78 valence electrons. The lowest BCUT2D eigenvalue weighted by Gasteiger charge is -2.12. The van der Waals surface area contributed by atoms with Gasteiger partial charge >= 0.3 is 0 Å². The molecule has 0 aliphatic rings. The van der Waals surface area contributed by atoms with E-state index in [4.69, 9.17) is 0 Å². The van der Waals surface area contributed by atoms with Crippen LogP contribution in [0.15, 0.2) is 24.3 Å². The Kier molecular flexibility index (Phi) is 2.27. The first-order chi connectivity index (χ1) is 7.16. The Balaban J connectivity index is 2.96. The van der Waals surface area contributed by atoms with E-state index < -0.39 is 0 Å². The normalized spacial score (nSPS) is 10.8. The summed E-state index contributed by atoms with van der Waals surface area (Å²) in [6.07, 6.45) is 0.718. The fraction of sp³-hybridized carbons (Fsp3) is 0.231. The van der Waals surface area contributed by atoms with Gasteiger partial charge in [0.1, 0.15) is 11.5 Å². The summed E-state index contributed by atoms with van der Waals surface area (Å²) in [6, 6.07) is 7.35. The average Bonchev–Trinajstić information content (AvgIpc) is 2.27. The van der Waals surface area contributed by atoms with Crippen molar-refractivity contribution < 1.29 is 10.2 Å². The van der Waals surface area contributed by atoms with Gasteiger partial charge in [-0.3, -0.25) is 0 Å². The zero-order valence-electron chi connectivity index (χ0n) is 8.91. The van der Waals surface area contributed by atoms with Gasteiger partial charge in [0.2, 0.25) is 0 Å². The maximum atomic E-state index is 10.0. The summed E-state index contributed by atoms with van der Waals surface area (Å²) in [5, 5.41) is 21.5. The predicted octanol–water partition coefficient (Wildman–Crippen LogP) is 3.12. The molecule has 0 bridgehead atoms. The Bertz CT molecular complexity index is 515. The van der Waals surface area contributed by atoms with Crippen LogP contribution in [0.25, 0.3) is 10.8 Å². The van der Waals surface area contributed by atoms with Crippen LogP contribution in [0, 0.1) is 6.92 Å². The van der Waals surface area contributed by atoms with E-state index in [1.807, 2.05) is 38.1 Å². The maximum Gasteiger partial charge on any atom is 0.127 e. The molecule has 15 heavy (non-hydrogen) atoms. The summed E-state index contributed by atoms with van der Waals surface area (Å²) >= 11 is 0. The summed E-state index contributed by atoms with van der Waals surface area (Å²) in [6.45, 7) is 3.80. The molecule has 0 heterocycles. The fourth-order valence-corrected chi connectivity index (χ4v) is 2.01. The number of fused-ring (bicyclic) bond motifs is 1. The van der Waals surface area contributed by atoms with E-state index >= 15 is 0 Å². The van der Waals surface area contributed by atoms with Crippen LogP contribution in [0.1, 0.15) is 18.1 Å². The Morgan fingerprint density at radius 3 is 2.07 bits per heavy atom. The summed E-state index contributed by atoms with van der Waals surface area (Å²) in [5.74, 6) is 0.573. The van der Waals surface area contributed by atoms with Crippen molar-refractivity contribution in [3.05, 3.63) is 35.4 Å². The van der Waals surface area contributed by atoms with Crippen molar-refractivity contribution >= 4 is 10.8 Å². The van der Waals surface area contributed by atoms with Gasteiger partial charge in [0.25, 0.3) is 0 Å². The smallest absolute Gasteiger partial charge is 0.127 e. The second-order valence-electron chi connectivity index (χ2n) is 3.70. The molecule has 0 aliphatic carbocycles. The number of rotatable bonds is 1. The SMILES string of the molecule is CCc1c(C)c(O)c2ccccc2c1O. The molecule has 0 atom stereocenters. The number of phenols is 2. The monoisotopic (exact) mass is 202 g/mol. The third-order valence-corrected chi connectivity index (χ3v) is 2.88. The van der Waals surface area contributed by atoms with Crippen LogP contribution in [0.5, 0.6) is 11.5 Å². The zero-order valence-corrected chi connectivity index (χ0v) is 8.91. The molecule has 0 amide bonds. The summed E-state index contributed by atoms with van der Waals surface area (Å²) in [5.41, 5.74) is 1.60. The molecular formula is C13H14O2. The van der Waals surface area contributed by atoms with Crippen LogP contribution in [-0.2, 0) is 6.42 Å². The first-order valence-corrected chi connectivity index (χ1v) is 5.09. The Hall–Kier alpha value is -1.70. The zero-order chi connectivity index (χ0) is 11.0. The van der Waals surface area contributed by atoms with Crippen molar-refractivity contribution in [2.24, 2.45) is 0 Å². The van der Waals surface area contributed by atoms with Crippen molar-refractivity contribution in [2.75, 3.05) is 0 Å². The van der Waals surface area contributed by atoms with E-state index in [1.165, 1.54) is 0 Å². The van der Waals surface area contributed by atoms with Gasteiger partial charge in [-0.05, 0) is 18.9 Å². The highest BCUT2D eigenvalue weighted by Crippen LogP contribution is 2.38. The van der Waals surface area contributed by atoms with Gasteiger partial charge in [-0.25, -0.2) is 0 Å². The summed E-state index contributed by atoms with van der Waals surface area (Å²) < 4.78 is 0. The molecule has 0 radical (unpaired) electrons. The van der Waals surface area contributed by atoms with E-state index in [9.17, 15) is 10.2 Å². The molecule has 0 saturated heterocycles. The van der Waals surface area contributed by atoms with Crippen molar-refractivity contribution in [3.63, 3.8) is 0 Å². The van der Waals surface area contributed by atoms with Crippen molar-refractivity contribution in [3.8, 4) is 11.5 Å². The Morgan fingerprint density at radius 2 is 1.53 bits per heavy atom. The third kappa shape index (κ3) is 1.33. The minimum atomic E-state index is 0.278. The van der Waals surface area contributed by atoms with E-state index in [0.29, 0.717) is 11.1 Å². The lowest BCUT2D eigenvalue weighted by atomic mass is 9.97. The molecule has 2 nitrogen and oxygen atoms in total. The molecule has 0 spiro atoms. The van der Waals surface area contributed by atoms with Crippen molar-refractivity contribution in [1.29, 1.82) is 0 Å². The topological polar surface area (TPSA) is 40.5 Å². The average molecular weight is 202 g/mol. The lowest BCUT2D eigenvalue weighted by Crippen LogP contribution is -1.90. The summed E-state index contributed by atoms with van der Waals surface area (Å²) in [7, 11) is 0. The van der Waals surface area contributed by atoms with Crippen LogP contribution in [0.2, 0.25) is 0 Å². The molecule has 0 aromatic heterocycles. The molecule has 2 N–H and O–H groups in total. The van der Waals surface area contributed by atoms with Gasteiger partial charge in [-0.2, -0.15) is 0 Å². The molecule has 0 aliphatic heterocycles. The first-order valence-electron chi connectivity index (χ1n) is 5.09. The number of phenolic OH excluding ortho intramolecular Hbond substituents is 2. The van der Waals surface area contributed by atoms with Crippen LogP contribution in [-0.4, -0.2) is 10.2 Å². The van der Waals surface area contributed by atoms with Gasteiger partial charge in [0.15, 0.2) is 0 Å². The molecule has 0 fully saturated rings. The molecular weight excluding hydrogens is 188 g/mol. The van der Waals surface area contributed by atoms with E-state index in [1.54, 1.807) is 0 Å². The number of benzene rings is 2. The lowest BCUT2D eigenvalue weighted by molar-refractivity contribution is 0.460. The molecule has 0 unspecified atom stereocenters. The van der Waals surface area contributed by atoms with Gasteiger partial charge < -0.3 is 10.2 Å². The van der Waals surface area contributed by atoms with Gasteiger partial charge in [-0.1, -0.05) is 31.2 Å². The molecule has 0 saturated carbocycles. The van der Waals surface area contributed by atoms with Crippen molar-refractivity contribution in [2.45, 2.75) is 20.3 Å². The Morgan fingerprint density at radius 1 is 1.00 bits per heavy atom. The number of hydrogen-bond acceptors (Lipinski definition) is 2. The number of aromatic hydroxyl groups is 2. The minimum absolute atomic E-state index is 0.278. The fourth-order valence-electron chi connectivity index (χ4n) is 2.01. The highest BCUT2D eigenvalue weighted by atomic mass is 16.3. The molecule has 2 heteroatoms. The highest BCUT2D eigenvalue weighted by Gasteiger charge is 2.13. The van der Waals surface area contributed by atoms with E-state index in [2.05, 4.69) is 0 Å². The minimum Gasteiger partial charge on any atom is -0.507 e. The Labute approximate surface area is 88.8 Å². The first kappa shape index (κ1) is 9.84. The largest absolute Gasteiger partial charge is 0.507 e. The van der Waals surface area contributed by atoms with Gasteiger partial charge in [0.05, 0.1) is 0 Å². The van der Waals surface area contributed by atoms with Gasteiger partial charge in [0, 0.05) is 16.3 Å². The molecule has 2 aromatic rings. The van der Waals surface area contributed by atoms with Crippen molar-refractivity contribution in [1.82, 2.24) is 0 Å². The molecule has 2 aromatic carbocycles. The summed E-state index contributed by atoms with van der Waals surface area (Å²) in [4.78, 5) is 0. The molecule has 2 rings (SSSR count). The van der Waals surface area contributed by atoms with Crippen LogP contribution >= 0.6 is 0 Å². The maximum absolute atomic E-state index is 10.0. The van der Waals surface area contributed by atoms with E-state index in [0.717, 1.165) is 22.9 Å². The highest BCUT2D eigenvalue weighted by molar-refractivity contribution is 5.95. The third-order valence-electron chi connectivity index (χ3n) is 2.88.